The number of hydrogen-bond acceptors (Lipinski definition) is 5. The minimum Gasteiger partial charge on any atom is -0.467 e. The van der Waals surface area contributed by atoms with E-state index in [-0.39, 0.29) is 11.5 Å². The summed E-state index contributed by atoms with van der Waals surface area (Å²) in [7, 11) is 1.30. The molecule has 1 heterocycles. The number of hydrogen-bond donors (Lipinski definition) is 3. The van der Waals surface area contributed by atoms with Crippen LogP contribution in [0.4, 0.5) is 10.5 Å². The molecule has 0 aliphatic carbocycles. The maximum atomic E-state index is 12.6. The van der Waals surface area contributed by atoms with E-state index in [0.717, 1.165) is 11.1 Å². The number of carbonyl (C=O) groups is 2. The molecule has 162 valence electrons. The van der Waals surface area contributed by atoms with Gasteiger partial charge in [0.15, 0.2) is 0 Å². The van der Waals surface area contributed by atoms with Crippen LogP contribution in [0.5, 0.6) is 0 Å². The van der Waals surface area contributed by atoms with Gasteiger partial charge in [-0.1, -0.05) is 50.6 Å². The van der Waals surface area contributed by atoms with Crippen LogP contribution in [0, 0.1) is 12.8 Å². The number of esters is 1. The Morgan fingerprint density at radius 2 is 1.87 bits per heavy atom. The van der Waals surface area contributed by atoms with Crippen LogP contribution in [0.3, 0.4) is 0 Å². The topological polar surface area (TPSA) is 113 Å². The van der Waals surface area contributed by atoms with Crippen molar-refractivity contribution in [2.24, 2.45) is 5.92 Å². The molecule has 2 amide bonds. The van der Waals surface area contributed by atoms with E-state index >= 15 is 0 Å². The molecule has 0 unspecified atom stereocenters. The summed E-state index contributed by atoms with van der Waals surface area (Å²) in [5.41, 5.74) is 2.49. The van der Waals surface area contributed by atoms with Crippen molar-refractivity contribution in [3.63, 3.8) is 0 Å². The smallest absolute Gasteiger partial charge is 0.328 e. The molecule has 0 aliphatic heterocycles. The maximum absolute atomic E-state index is 12.6. The predicted molar refractivity (Wildman–Crippen MR) is 120 cm³/mol. The van der Waals surface area contributed by atoms with Gasteiger partial charge in [-0.05, 0) is 30.5 Å². The maximum Gasteiger partial charge on any atom is 0.328 e. The number of nitrogens with one attached hydrogen (secondary N) is 3. The van der Waals surface area contributed by atoms with Crippen LogP contribution in [0.25, 0.3) is 22.0 Å². The van der Waals surface area contributed by atoms with Crippen molar-refractivity contribution in [1.82, 2.24) is 15.5 Å². The summed E-state index contributed by atoms with van der Waals surface area (Å²) >= 11 is 0. The van der Waals surface area contributed by atoms with Crippen molar-refractivity contribution < 1.29 is 14.3 Å². The molecule has 0 fully saturated rings. The first-order valence-electron chi connectivity index (χ1n) is 10.1. The van der Waals surface area contributed by atoms with Crippen molar-refractivity contribution >= 4 is 28.5 Å². The van der Waals surface area contributed by atoms with Gasteiger partial charge in [-0.3, -0.25) is 4.79 Å². The van der Waals surface area contributed by atoms with Crippen LogP contribution in [0.1, 0.15) is 25.8 Å². The second-order valence-corrected chi connectivity index (χ2v) is 7.46. The summed E-state index contributed by atoms with van der Waals surface area (Å²) in [6, 6.07) is 11.5. The van der Waals surface area contributed by atoms with E-state index in [1.807, 2.05) is 45.0 Å². The number of aryl methyl sites for hydroxylation is 1. The first-order chi connectivity index (χ1) is 14.8. The number of fused-ring (bicyclic) bond motifs is 1. The highest BCUT2D eigenvalue weighted by molar-refractivity contribution is 5.96. The van der Waals surface area contributed by atoms with E-state index in [9.17, 15) is 14.4 Å². The van der Waals surface area contributed by atoms with E-state index in [1.54, 1.807) is 18.2 Å². The average Bonchev–Trinajstić information content (AvgIpc) is 2.78. The third kappa shape index (κ3) is 4.74. The SMILES string of the molecule is CC[C@H](C)[C@@H](NC(=O)Nc1cc(-c2n[nH]c(=O)c3ccccc23)ccc1C)C(=O)OC. The molecule has 2 aromatic carbocycles. The molecular weight excluding hydrogens is 396 g/mol. The standard InChI is InChI=1S/C23H26N4O4/c1-5-13(2)19(22(29)31-4)25-23(30)24-18-12-15(11-10-14(18)3)20-16-8-6-7-9-17(16)21(28)27-26-20/h6-13,19H,5H2,1-4H3,(H,27,28)(H2,24,25,30)/t13-,19+/m0/s1. The highest BCUT2D eigenvalue weighted by Gasteiger charge is 2.26. The number of methoxy groups -OCH3 is 1. The zero-order valence-electron chi connectivity index (χ0n) is 18.0. The molecule has 0 spiro atoms. The van der Waals surface area contributed by atoms with Gasteiger partial charge in [-0.25, -0.2) is 14.7 Å². The summed E-state index contributed by atoms with van der Waals surface area (Å²) in [6.07, 6.45) is 0.708. The fourth-order valence-electron chi connectivity index (χ4n) is 3.33. The number of anilines is 1. The largest absolute Gasteiger partial charge is 0.467 e. The summed E-state index contributed by atoms with van der Waals surface area (Å²) in [4.78, 5) is 36.8. The summed E-state index contributed by atoms with van der Waals surface area (Å²) in [6.45, 7) is 5.68. The molecule has 0 radical (unpaired) electrons. The number of carbonyl (C=O) groups excluding carboxylic acids is 2. The number of ether oxygens (including phenoxy) is 1. The van der Waals surface area contributed by atoms with Gasteiger partial charge >= 0.3 is 12.0 Å². The normalized spacial score (nSPS) is 12.8. The molecule has 31 heavy (non-hydrogen) atoms. The van der Waals surface area contributed by atoms with E-state index in [1.165, 1.54) is 7.11 Å². The molecule has 8 nitrogen and oxygen atoms in total. The van der Waals surface area contributed by atoms with Crippen molar-refractivity contribution in [3.8, 4) is 11.3 Å². The Kier molecular flexibility index (Phi) is 6.69. The molecule has 0 bridgehead atoms. The number of H-pyrrole nitrogens is 1. The van der Waals surface area contributed by atoms with Gasteiger partial charge in [0.2, 0.25) is 0 Å². The Morgan fingerprint density at radius 3 is 2.55 bits per heavy atom. The second-order valence-electron chi connectivity index (χ2n) is 7.46. The number of nitrogens with zero attached hydrogens (tertiary/aromatic N) is 1. The van der Waals surface area contributed by atoms with Gasteiger partial charge in [-0.15, -0.1) is 0 Å². The third-order valence-electron chi connectivity index (χ3n) is 5.41. The number of urea groups is 1. The lowest BCUT2D eigenvalue weighted by Gasteiger charge is -2.22. The Labute approximate surface area is 180 Å². The fraction of sp³-hybridized carbons (Fsp3) is 0.304. The molecular formula is C23H26N4O4. The highest BCUT2D eigenvalue weighted by Crippen LogP contribution is 2.28. The number of rotatable bonds is 6. The van der Waals surface area contributed by atoms with Gasteiger partial charge in [0.1, 0.15) is 6.04 Å². The van der Waals surface area contributed by atoms with Gasteiger partial charge < -0.3 is 15.4 Å². The monoisotopic (exact) mass is 422 g/mol. The summed E-state index contributed by atoms with van der Waals surface area (Å²) < 4.78 is 4.82. The molecule has 0 saturated heterocycles. The zero-order valence-corrected chi connectivity index (χ0v) is 18.0. The molecule has 3 N–H and O–H groups in total. The third-order valence-corrected chi connectivity index (χ3v) is 5.41. The van der Waals surface area contributed by atoms with Gasteiger partial charge in [0.25, 0.3) is 5.56 Å². The summed E-state index contributed by atoms with van der Waals surface area (Å²) in [5, 5.41) is 13.5. The lowest BCUT2D eigenvalue weighted by atomic mass is 9.99. The molecule has 2 atom stereocenters. The Bertz CT molecular complexity index is 1170. The van der Waals surface area contributed by atoms with Crippen LogP contribution in [-0.4, -0.2) is 35.3 Å². The van der Waals surface area contributed by atoms with E-state index in [0.29, 0.717) is 28.6 Å². The van der Waals surface area contributed by atoms with Crippen LogP contribution >= 0.6 is 0 Å². The predicted octanol–water partition coefficient (Wildman–Crippen LogP) is 3.61. The molecule has 3 aromatic rings. The molecule has 8 heteroatoms. The van der Waals surface area contributed by atoms with Crippen LogP contribution in [-0.2, 0) is 9.53 Å². The first-order valence-corrected chi connectivity index (χ1v) is 10.1. The van der Waals surface area contributed by atoms with E-state index in [2.05, 4.69) is 20.8 Å². The first kappa shape index (κ1) is 22.0. The summed E-state index contributed by atoms with van der Waals surface area (Å²) in [5.74, 6) is -0.568. The Hall–Kier alpha value is -3.68. The van der Waals surface area contributed by atoms with Gasteiger partial charge in [0.05, 0.1) is 18.2 Å². The van der Waals surface area contributed by atoms with Gasteiger partial charge in [-0.2, -0.15) is 5.10 Å². The number of aromatic amines is 1. The molecule has 3 rings (SSSR count). The highest BCUT2D eigenvalue weighted by atomic mass is 16.5. The van der Waals surface area contributed by atoms with E-state index in [4.69, 9.17) is 4.74 Å². The zero-order chi connectivity index (χ0) is 22.5. The quantitative estimate of drug-likeness (QED) is 0.525. The van der Waals surface area contributed by atoms with Crippen molar-refractivity contribution in [2.75, 3.05) is 12.4 Å². The Morgan fingerprint density at radius 1 is 1.16 bits per heavy atom. The van der Waals surface area contributed by atoms with Crippen molar-refractivity contribution in [1.29, 1.82) is 0 Å². The Balaban J connectivity index is 1.90. The van der Waals surface area contributed by atoms with Crippen molar-refractivity contribution in [3.05, 3.63) is 58.4 Å². The number of amides is 2. The molecule has 0 saturated carbocycles. The lowest BCUT2D eigenvalue weighted by molar-refractivity contribution is -0.144. The fourth-order valence-corrected chi connectivity index (χ4v) is 3.33. The average molecular weight is 422 g/mol. The van der Waals surface area contributed by atoms with Crippen molar-refractivity contribution in [2.45, 2.75) is 33.2 Å². The van der Waals surface area contributed by atoms with E-state index < -0.39 is 18.0 Å². The van der Waals surface area contributed by atoms with Gasteiger partial charge in [0, 0.05) is 16.6 Å². The second kappa shape index (κ2) is 9.42. The minimum absolute atomic E-state index is 0.0812. The van der Waals surface area contributed by atoms with Crippen LogP contribution < -0.4 is 16.2 Å². The van der Waals surface area contributed by atoms with Crippen LogP contribution in [0.15, 0.2) is 47.3 Å². The lowest BCUT2D eigenvalue weighted by Crippen LogP contribution is -2.47. The number of benzene rings is 2. The minimum atomic E-state index is -0.747. The number of aromatic nitrogens is 2. The molecule has 0 aliphatic rings. The molecule has 1 aromatic heterocycles. The van der Waals surface area contributed by atoms with Crippen LogP contribution in [0.2, 0.25) is 0 Å².